The van der Waals surface area contributed by atoms with Gasteiger partial charge in [0.1, 0.15) is 11.8 Å². The molecule has 1 heterocycles. The van der Waals surface area contributed by atoms with Crippen molar-refractivity contribution in [3.63, 3.8) is 0 Å². The molecule has 1 aromatic heterocycles. The van der Waals surface area contributed by atoms with Crippen molar-refractivity contribution in [2.75, 3.05) is 21.3 Å². The number of amides is 1. The molecule has 7 nitrogen and oxygen atoms in total. The van der Waals surface area contributed by atoms with Crippen LogP contribution in [0.3, 0.4) is 0 Å². The Morgan fingerprint density at radius 1 is 1.10 bits per heavy atom. The molecule has 0 spiro atoms. The van der Waals surface area contributed by atoms with Gasteiger partial charge < -0.3 is 18.6 Å². The van der Waals surface area contributed by atoms with Crippen LogP contribution in [0.1, 0.15) is 57.3 Å². The van der Waals surface area contributed by atoms with Gasteiger partial charge in [-0.2, -0.15) is 10.3 Å². The SMILES string of the molecule is CCCCC(=O)N=c1oc(CCCC)c(C#N)c2cc(OC)c(OC)c(OC)c12. The van der Waals surface area contributed by atoms with Crippen LogP contribution in [-0.4, -0.2) is 27.2 Å². The number of hydrogen-bond acceptors (Lipinski definition) is 6. The van der Waals surface area contributed by atoms with E-state index in [1.807, 2.05) is 6.92 Å². The fourth-order valence-corrected chi connectivity index (χ4v) is 3.15. The molecule has 0 N–H and O–H groups in total. The lowest BCUT2D eigenvalue weighted by atomic mass is 10.0. The lowest BCUT2D eigenvalue weighted by Crippen LogP contribution is -2.13. The second-order valence-corrected chi connectivity index (χ2v) is 6.60. The first-order valence-electron chi connectivity index (χ1n) is 9.82. The van der Waals surface area contributed by atoms with Gasteiger partial charge in [0.25, 0.3) is 0 Å². The summed E-state index contributed by atoms with van der Waals surface area (Å²) in [4.78, 5) is 16.6. The van der Waals surface area contributed by atoms with Gasteiger partial charge in [0.05, 0.1) is 32.3 Å². The van der Waals surface area contributed by atoms with E-state index in [1.165, 1.54) is 21.3 Å². The van der Waals surface area contributed by atoms with Crippen molar-refractivity contribution in [2.45, 2.75) is 52.4 Å². The zero-order valence-electron chi connectivity index (χ0n) is 17.8. The number of unbranched alkanes of at least 4 members (excludes halogenated alkanes) is 2. The number of ether oxygens (including phenoxy) is 3. The van der Waals surface area contributed by atoms with Crippen LogP contribution in [0.5, 0.6) is 17.2 Å². The summed E-state index contributed by atoms with van der Waals surface area (Å²) < 4.78 is 22.5. The third-order valence-electron chi connectivity index (χ3n) is 4.65. The molecule has 2 rings (SSSR count). The van der Waals surface area contributed by atoms with Gasteiger partial charge in [-0.15, -0.1) is 0 Å². The van der Waals surface area contributed by atoms with E-state index in [9.17, 15) is 10.1 Å². The largest absolute Gasteiger partial charge is 0.493 e. The molecule has 0 saturated carbocycles. The second-order valence-electron chi connectivity index (χ2n) is 6.60. The van der Waals surface area contributed by atoms with E-state index in [2.05, 4.69) is 18.0 Å². The highest BCUT2D eigenvalue weighted by Crippen LogP contribution is 2.43. The Kier molecular flexibility index (Phi) is 8.08. The molecule has 0 radical (unpaired) electrons. The Balaban J connectivity index is 2.96. The minimum absolute atomic E-state index is 0.129. The summed E-state index contributed by atoms with van der Waals surface area (Å²) in [7, 11) is 4.49. The lowest BCUT2D eigenvalue weighted by molar-refractivity contribution is -0.118. The van der Waals surface area contributed by atoms with Crippen molar-refractivity contribution in [2.24, 2.45) is 4.99 Å². The first kappa shape index (κ1) is 22.3. The third-order valence-corrected chi connectivity index (χ3v) is 4.65. The molecule has 1 aromatic carbocycles. The molecule has 156 valence electrons. The predicted molar refractivity (Wildman–Crippen MR) is 109 cm³/mol. The standard InChI is InChI=1S/C22H28N2O5/c1-6-8-10-16-15(13-23)14-12-17(26-3)20(27-4)21(28-5)19(14)22(29-16)24-18(25)11-9-7-2/h12H,6-11H2,1-5H3. The van der Waals surface area contributed by atoms with Gasteiger partial charge in [0, 0.05) is 18.2 Å². The molecule has 1 amide bonds. The third kappa shape index (κ3) is 4.70. The van der Waals surface area contributed by atoms with Gasteiger partial charge in [0.15, 0.2) is 11.5 Å². The highest BCUT2D eigenvalue weighted by Gasteiger charge is 2.23. The van der Waals surface area contributed by atoms with Crippen molar-refractivity contribution < 1.29 is 23.4 Å². The molecule has 2 aromatic rings. The summed E-state index contributed by atoms with van der Waals surface area (Å²) in [6.07, 6.45) is 4.31. The normalized spacial score (nSPS) is 11.4. The molecule has 0 aliphatic heterocycles. The van der Waals surface area contributed by atoms with Gasteiger partial charge in [-0.1, -0.05) is 26.7 Å². The minimum Gasteiger partial charge on any atom is -0.493 e. The van der Waals surface area contributed by atoms with E-state index in [4.69, 9.17) is 18.6 Å². The Morgan fingerprint density at radius 2 is 1.79 bits per heavy atom. The predicted octanol–water partition coefficient (Wildman–Crippen LogP) is 4.29. The van der Waals surface area contributed by atoms with E-state index in [0.717, 1.165) is 25.7 Å². The van der Waals surface area contributed by atoms with E-state index < -0.39 is 0 Å². The maximum atomic E-state index is 12.4. The highest BCUT2D eigenvalue weighted by atomic mass is 16.5. The Hall–Kier alpha value is -3.01. The summed E-state index contributed by atoms with van der Waals surface area (Å²) in [5.74, 6) is 1.30. The first-order valence-corrected chi connectivity index (χ1v) is 9.82. The average Bonchev–Trinajstić information content (AvgIpc) is 2.74. The summed E-state index contributed by atoms with van der Waals surface area (Å²) >= 11 is 0. The van der Waals surface area contributed by atoms with Gasteiger partial charge in [-0.05, 0) is 18.9 Å². The molecule has 0 atom stereocenters. The molecular formula is C22H28N2O5. The van der Waals surface area contributed by atoms with Crippen LogP contribution in [0.15, 0.2) is 15.5 Å². The molecule has 0 unspecified atom stereocenters. The number of carbonyl (C=O) groups excluding carboxylic acids is 1. The van der Waals surface area contributed by atoms with Crippen molar-refractivity contribution in [1.29, 1.82) is 5.26 Å². The number of carbonyl (C=O) groups is 1. The zero-order valence-corrected chi connectivity index (χ0v) is 17.8. The second kappa shape index (κ2) is 10.5. The molecule has 29 heavy (non-hydrogen) atoms. The smallest absolute Gasteiger partial charge is 0.248 e. The van der Waals surface area contributed by atoms with Crippen molar-refractivity contribution in [3.8, 4) is 23.3 Å². The fraction of sp³-hybridized carbons (Fsp3) is 0.500. The van der Waals surface area contributed by atoms with Crippen LogP contribution >= 0.6 is 0 Å². The summed E-state index contributed by atoms with van der Waals surface area (Å²) in [6, 6.07) is 3.93. The Labute approximate surface area is 170 Å². The molecule has 7 heteroatoms. The van der Waals surface area contributed by atoms with E-state index >= 15 is 0 Å². The van der Waals surface area contributed by atoms with E-state index in [1.54, 1.807) is 6.07 Å². The monoisotopic (exact) mass is 400 g/mol. The van der Waals surface area contributed by atoms with Crippen LogP contribution in [0.2, 0.25) is 0 Å². The van der Waals surface area contributed by atoms with Gasteiger partial charge in [-0.3, -0.25) is 4.79 Å². The van der Waals surface area contributed by atoms with Crippen LogP contribution in [0, 0.1) is 11.3 Å². The number of benzene rings is 1. The van der Waals surface area contributed by atoms with Crippen molar-refractivity contribution in [3.05, 3.63) is 22.9 Å². The number of methoxy groups -OCH3 is 3. The van der Waals surface area contributed by atoms with E-state index in [0.29, 0.717) is 52.2 Å². The maximum Gasteiger partial charge on any atom is 0.248 e. The van der Waals surface area contributed by atoms with Crippen molar-refractivity contribution in [1.82, 2.24) is 0 Å². The van der Waals surface area contributed by atoms with Crippen LogP contribution in [0.25, 0.3) is 10.8 Å². The van der Waals surface area contributed by atoms with E-state index in [-0.39, 0.29) is 11.5 Å². The fourth-order valence-electron chi connectivity index (χ4n) is 3.15. The lowest BCUT2D eigenvalue weighted by Gasteiger charge is -2.16. The topological polar surface area (TPSA) is 94.1 Å². The number of rotatable bonds is 9. The number of nitrogens with zero attached hydrogens (tertiary/aromatic N) is 2. The molecule has 0 fully saturated rings. The minimum atomic E-state index is -0.278. The van der Waals surface area contributed by atoms with Crippen LogP contribution < -0.4 is 19.8 Å². The van der Waals surface area contributed by atoms with Crippen molar-refractivity contribution >= 4 is 16.7 Å². The number of hydrogen-bond donors (Lipinski definition) is 0. The number of aryl methyl sites for hydroxylation is 1. The maximum absolute atomic E-state index is 12.4. The Bertz CT molecular complexity index is 986. The van der Waals surface area contributed by atoms with Gasteiger partial charge in [-0.25, -0.2) is 0 Å². The Morgan fingerprint density at radius 3 is 2.34 bits per heavy atom. The zero-order chi connectivity index (χ0) is 21.4. The quantitative estimate of drug-likeness (QED) is 0.623. The number of nitriles is 1. The summed E-state index contributed by atoms with van der Waals surface area (Å²) in [5, 5.41) is 10.8. The van der Waals surface area contributed by atoms with Crippen LogP contribution in [-0.2, 0) is 11.2 Å². The molecule has 0 bridgehead atoms. The first-order chi connectivity index (χ1) is 14.1. The van der Waals surface area contributed by atoms with Gasteiger partial charge >= 0.3 is 0 Å². The highest BCUT2D eigenvalue weighted by molar-refractivity contribution is 5.96. The summed E-state index contributed by atoms with van der Waals surface area (Å²) in [6.45, 7) is 4.07. The summed E-state index contributed by atoms with van der Waals surface area (Å²) in [5.41, 5.74) is 0.511. The number of fused-ring (bicyclic) bond motifs is 1. The molecule has 0 aliphatic rings. The van der Waals surface area contributed by atoms with Crippen LogP contribution in [0.4, 0.5) is 0 Å². The average molecular weight is 400 g/mol. The van der Waals surface area contributed by atoms with Gasteiger partial charge in [0.2, 0.25) is 17.2 Å². The molecule has 0 saturated heterocycles. The molecule has 0 aliphatic carbocycles. The molecular weight excluding hydrogens is 372 g/mol.